The molecule has 1 aliphatic heterocycles. The van der Waals surface area contributed by atoms with E-state index < -0.39 is 12.4 Å². The predicted octanol–water partition coefficient (Wildman–Crippen LogP) is 2.48. The minimum atomic E-state index is -1.09. The van der Waals surface area contributed by atoms with Crippen molar-refractivity contribution in [1.29, 1.82) is 0 Å². The second kappa shape index (κ2) is 5.40. The Labute approximate surface area is 110 Å². The third kappa shape index (κ3) is 2.82. The van der Waals surface area contributed by atoms with Crippen LogP contribution in [0.25, 0.3) is 0 Å². The van der Waals surface area contributed by atoms with Gasteiger partial charge in [-0.05, 0) is 30.5 Å². The van der Waals surface area contributed by atoms with Gasteiger partial charge in [-0.1, -0.05) is 23.7 Å². The fraction of sp³-hybridized carbons (Fsp3) is 0.385. The molecule has 1 aliphatic rings. The Hall–Kier alpha value is -1.55. The SMILES string of the molecule is O=C(O)CC(=O)N1CCCC1c1cccc(Cl)c1. The number of hydrogen-bond acceptors (Lipinski definition) is 2. The van der Waals surface area contributed by atoms with Gasteiger partial charge < -0.3 is 10.0 Å². The van der Waals surface area contributed by atoms with Crippen LogP contribution in [0, 0.1) is 0 Å². The van der Waals surface area contributed by atoms with Gasteiger partial charge in [0.1, 0.15) is 6.42 Å². The Morgan fingerprint density at radius 1 is 1.44 bits per heavy atom. The summed E-state index contributed by atoms with van der Waals surface area (Å²) >= 11 is 5.94. The number of carboxylic acids is 1. The van der Waals surface area contributed by atoms with Crippen LogP contribution >= 0.6 is 11.6 Å². The summed E-state index contributed by atoms with van der Waals surface area (Å²) < 4.78 is 0. The molecule has 1 saturated heterocycles. The van der Waals surface area contributed by atoms with Crippen molar-refractivity contribution in [2.45, 2.75) is 25.3 Å². The van der Waals surface area contributed by atoms with E-state index in [2.05, 4.69) is 0 Å². The van der Waals surface area contributed by atoms with Gasteiger partial charge in [-0.3, -0.25) is 9.59 Å². The Bertz CT molecular complexity index is 475. The van der Waals surface area contributed by atoms with Gasteiger partial charge >= 0.3 is 5.97 Å². The summed E-state index contributed by atoms with van der Waals surface area (Å²) in [5.74, 6) is -1.42. The molecule has 0 radical (unpaired) electrons. The van der Waals surface area contributed by atoms with Crippen molar-refractivity contribution < 1.29 is 14.7 Å². The third-order valence-corrected chi connectivity index (χ3v) is 3.34. The van der Waals surface area contributed by atoms with E-state index in [1.807, 2.05) is 18.2 Å². The molecule has 1 amide bonds. The molecule has 1 N–H and O–H groups in total. The molecule has 1 fully saturated rings. The van der Waals surface area contributed by atoms with Crippen molar-refractivity contribution in [3.05, 3.63) is 34.9 Å². The average molecular weight is 268 g/mol. The molecular formula is C13H14ClNO3. The van der Waals surface area contributed by atoms with Gasteiger partial charge in [0.25, 0.3) is 0 Å². The monoisotopic (exact) mass is 267 g/mol. The number of nitrogens with zero attached hydrogens (tertiary/aromatic N) is 1. The number of hydrogen-bond donors (Lipinski definition) is 1. The molecule has 0 aromatic heterocycles. The maximum atomic E-state index is 11.8. The normalized spacial score (nSPS) is 18.9. The van der Waals surface area contributed by atoms with Crippen molar-refractivity contribution in [2.75, 3.05) is 6.54 Å². The first-order valence-electron chi connectivity index (χ1n) is 5.84. The minimum Gasteiger partial charge on any atom is -0.481 e. The number of halogens is 1. The van der Waals surface area contributed by atoms with Crippen LogP contribution in [-0.4, -0.2) is 28.4 Å². The Kier molecular flexibility index (Phi) is 3.87. The van der Waals surface area contributed by atoms with Crippen molar-refractivity contribution in [1.82, 2.24) is 4.90 Å². The summed E-state index contributed by atoms with van der Waals surface area (Å²) in [5.41, 5.74) is 0.971. The van der Waals surface area contributed by atoms with E-state index in [-0.39, 0.29) is 11.9 Å². The largest absolute Gasteiger partial charge is 0.481 e. The zero-order chi connectivity index (χ0) is 13.1. The molecule has 0 bridgehead atoms. The van der Waals surface area contributed by atoms with Gasteiger partial charge in [0.15, 0.2) is 0 Å². The Balaban J connectivity index is 2.17. The molecule has 96 valence electrons. The van der Waals surface area contributed by atoms with Crippen LogP contribution in [0.3, 0.4) is 0 Å². The number of carbonyl (C=O) groups excluding carboxylic acids is 1. The zero-order valence-electron chi connectivity index (χ0n) is 9.80. The van der Waals surface area contributed by atoms with Crippen LogP contribution in [-0.2, 0) is 9.59 Å². The molecule has 2 rings (SSSR count). The summed E-state index contributed by atoms with van der Waals surface area (Å²) in [5, 5.41) is 9.31. The summed E-state index contributed by atoms with van der Waals surface area (Å²) in [6.45, 7) is 0.614. The number of rotatable bonds is 3. The minimum absolute atomic E-state index is 0.0458. The van der Waals surface area contributed by atoms with Gasteiger partial charge in [0.05, 0.1) is 6.04 Å². The summed E-state index contributed by atoms with van der Waals surface area (Å²) in [7, 11) is 0. The number of carbonyl (C=O) groups is 2. The van der Waals surface area contributed by atoms with Crippen molar-refractivity contribution >= 4 is 23.5 Å². The topological polar surface area (TPSA) is 57.6 Å². The predicted molar refractivity (Wildman–Crippen MR) is 67.4 cm³/mol. The van der Waals surface area contributed by atoms with E-state index in [4.69, 9.17) is 16.7 Å². The second-order valence-corrected chi connectivity index (χ2v) is 4.81. The van der Waals surface area contributed by atoms with Crippen LogP contribution in [0.2, 0.25) is 5.02 Å². The fourth-order valence-electron chi connectivity index (χ4n) is 2.36. The maximum Gasteiger partial charge on any atom is 0.312 e. The number of benzene rings is 1. The Morgan fingerprint density at radius 2 is 2.22 bits per heavy atom. The zero-order valence-corrected chi connectivity index (χ0v) is 10.6. The lowest BCUT2D eigenvalue weighted by molar-refractivity contribution is -0.144. The first-order chi connectivity index (χ1) is 8.58. The van der Waals surface area contributed by atoms with Gasteiger partial charge in [-0.25, -0.2) is 0 Å². The maximum absolute atomic E-state index is 11.8. The molecule has 0 spiro atoms. The molecule has 1 atom stereocenters. The summed E-state index contributed by atoms with van der Waals surface area (Å²) in [6, 6.07) is 7.33. The van der Waals surface area contributed by atoms with E-state index >= 15 is 0 Å². The van der Waals surface area contributed by atoms with E-state index in [1.54, 1.807) is 11.0 Å². The molecule has 0 saturated carbocycles. The van der Waals surface area contributed by atoms with Crippen LogP contribution in [0.5, 0.6) is 0 Å². The number of likely N-dealkylation sites (tertiary alicyclic amines) is 1. The van der Waals surface area contributed by atoms with Crippen molar-refractivity contribution in [2.24, 2.45) is 0 Å². The molecule has 0 aliphatic carbocycles. The highest BCUT2D eigenvalue weighted by Crippen LogP contribution is 2.33. The van der Waals surface area contributed by atoms with Gasteiger partial charge in [-0.15, -0.1) is 0 Å². The molecule has 5 heteroatoms. The molecule has 1 aromatic carbocycles. The van der Waals surface area contributed by atoms with E-state index in [0.717, 1.165) is 18.4 Å². The van der Waals surface area contributed by atoms with Gasteiger partial charge in [0, 0.05) is 11.6 Å². The molecule has 1 heterocycles. The smallest absolute Gasteiger partial charge is 0.312 e. The van der Waals surface area contributed by atoms with Gasteiger partial charge in [0.2, 0.25) is 5.91 Å². The third-order valence-electron chi connectivity index (χ3n) is 3.11. The molecule has 1 aromatic rings. The van der Waals surface area contributed by atoms with Crippen molar-refractivity contribution in [3.63, 3.8) is 0 Å². The number of aliphatic carboxylic acids is 1. The molecular weight excluding hydrogens is 254 g/mol. The fourth-order valence-corrected chi connectivity index (χ4v) is 2.56. The van der Waals surface area contributed by atoms with Crippen LogP contribution < -0.4 is 0 Å². The molecule has 4 nitrogen and oxygen atoms in total. The first-order valence-corrected chi connectivity index (χ1v) is 6.22. The highest BCUT2D eigenvalue weighted by atomic mass is 35.5. The highest BCUT2D eigenvalue weighted by molar-refractivity contribution is 6.30. The van der Waals surface area contributed by atoms with E-state index in [9.17, 15) is 9.59 Å². The Morgan fingerprint density at radius 3 is 2.89 bits per heavy atom. The molecule has 18 heavy (non-hydrogen) atoms. The van der Waals surface area contributed by atoms with E-state index in [1.165, 1.54) is 0 Å². The number of carboxylic acid groups (broad SMARTS) is 1. The lowest BCUT2D eigenvalue weighted by atomic mass is 10.0. The second-order valence-electron chi connectivity index (χ2n) is 4.37. The quantitative estimate of drug-likeness (QED) is 0.856. The standard InChI is InChI=1S/C13H14ClNO3/c14-10-4-1-3-9(7-10)11-5-2-6-15(11)12(16)8-13(17)18/h1,3-4,7,11H,2,5-6,8H2,(H,17,18). The van der Waals surface area contributed by atoms with E-state index in [0.29, 0.717) is 11.6 Å². The average Bonchev–Trinajstić information content (AvgIpc) is 2.76. The highest BCUT2D eigenvalue weighted by Gasteiger charge is 2.30. The van der Waals surface area contributed by atoms with Crippen LogP contribution in [0.15, 0.2) is 24.3 Å². The summed E-state index contributed by atoms with van der Waals surface area (Å²) in [6.07, 6.45) is 1.30. The van der Waals surface area contributed by atoms with Crippen molar-refractivity contribution in [3.8, 4) is 0 Å². The lowest BCUT2D eigenvalue weighted by Crippen LogP contribution is -2.31. The van der Waals surface area contributed by atoms with Crippen LogP contribution in [0.4, 0.5) is 0 Å². The molecule has 1 unspecified atom stereocenters. The lowest BCUT2D eigenvalue weighted by Gasteiger charge is -2.24. The van der Waals surface area contributed by atoms with Gasteiger partial charge in [-0.2, -0.15) is 0 Å². The summed E-state index contributed by atoms with van der Waals surface area (Å²) in [4.78, 5) is 24.1. The van der Waals surface area contributed by atoms with Crippen LogP contribution in [0.1, 0.15) is 30.9 Å². The number of amides is 1. The first kappa shape index (κ1) is 12.9.